The van der Waals surface area contributed by atoms with Crippen LogP contribution in [0.4, 0.5) is 0 Å². The lowest BCUT2D eigenvalue weighted by Gasteiger charge is -2.17. The first-order valence-electron chi connectivity index (χ1n) is 8.94. The third-order valence-electron chi connectivity index (χ3n) is 5.72. The van der Waals surface area contributed by atoms with Gasteiger partial charge in [-0.15, -0.1) is 0 Å². The lowest BCUT2D eigenvalue weighted by atomic mass is 9.88. The van der Waals surface area contributed by atoms with Crippen molar-refractivity contribution in [3.05, 3.63) is 52.4 Å². The van der Waals surface area contributed by atoms with Crippen LogP contribution in [0.1, 0.15) is 44.1 Å². The highest BCUT2D eigenvalue weighted by Gasteiger charge is 2.33. The van der Waals surface area contributed by atoms with Crippen molar-refractivity contribution < 1.29 is 4.74 Å². The Hall–Kier alpha value is -2.16. The van der Waals surface area contributed by atoms with Gasteiger partial charge in [0, 0.05) is 0 Å². The van der Waals surface area contributed by atoms with Gasteiger partial charge in [0.05, 0.1) is 7.11 Å². The molecule has 0 aromatic heterocycles. The molecule has 24 heavy (non-hydrogen) atoms. The second kappa shape index (κ2) is 6.39. The van der Waals surface area contributed by atoms with Crippen LogP contribution in [0.5, 0.6) is 5.75 Å². The maximum absolute atomic E-state index is 11.5. The van der Waals surface area contributed by atoms with Gasteiger partial charge >= 0.3 is 0 Å². The fraction of sp³-hybridized carbons (Fsp3) is 0.429. The molecule has 0 aliphatic heterocycles. The topological polar surface area (TPSA) is 38.7 Å². The lowest BCUT2D eigenvalue weighted by molar-refractivity contribution is 0.415. The third kappa shape index (κ3) is 2.52. The maximum Gasteiger partial charge on any atom is 0.119 e. The van der Waals surface area contributed by atoms with Gasteiger partial charge in [-0.1, -0.05) is 47.9 Å². The highest BCUT2D eigenvalue weighted by atomic mass is 16.5. The summed E-state index contributed by atoms with van der Waals surface area (Å²) in [7, 11) is 1.69. The minimum absolute atomic E-state index is 0.187. The van der Waals surface area contributed by atoms with Crippen molar-refractivity contribution in [2.24, 2.45) is 11.1 Å². The quantitative estimate of drug-likeness (QED) is 0.675. The zero-order chi connectivity index (χ0) is 16.5. The first-order chi connectivity index (χ1) is 11.8. The van der Waals surface area contributed by atoms with Crippen LogP contribution in [0.2, 0.25) is 0 Å². The highest BCUT2D eigenvalue weighted by Crippen LogP contribution is 2.46. The van der Waals surface area contributed by atoms with Crippen molar-refractivity contribution in [3.63, 3.8) is 0 Å². The zero-order valence-corrected chi connectivity index (χ0v) is 14.1. The van der Waals surface area contributed by atoms with Crippen molar-refractivity contribution in [2.45, 2.75) is 44.6 Å². The molecule has 0 heterocycles. The Balaban J connectivity index is 1.89. The fourth-order valence-electron chi connectivity index (χ4n) is 4.57. The molecule has 0 amide bonds. The minimum atomic E-state index is -0.187. The molecule has 1 unspecified atom stereocenters. The van der Waals surface area contributed by atoms with Gasteiger partial charge in [0.2, 0.25) is 0 Å². The van der Waals surface area contributed by atoms with Crippen LogP contribution in [-0.2, 0) is 0 Å². The molecule has 1 saturated carbocycles. The molecule has 4 rings (SSSR count). The molecule has 1 fully saturated rings. The van der Waals surface area contributed by atoms with E-state index in [0.29, 0.717) is 5.92 Å². The maximum atomic E-state index is 11.5. The number of hydrogen-bond donors (Lipinski definition) is 0. The van der Waals surface area contributed by atoms with Gasteiger partial charge in [-0.25, -0.2) is 0 Å². The normalized spacial score (nSPS) is 21.6. The number of ether oxygens (including phenoxy) is 1. The molecule has 2 aromatic carbocycles. The Kier molecular flexibility index (Phi) is 4.09. The van der Waals surface area contributed by atoms with E-state index in [9.17, 15) is 4.91 Å². The van der Waals surface area contributed by atoms with Crippen LogP contribution in [0, 0.1) is 10.8 Å². The number of allylic oxidation sites excluding steroid dienone is 1. The third-order valence-corrected chi connectivity index (χ3v) is 5.72. The summed E-state index contributed by atoms with van der Waals surface area (Å²) >= 11 is 0. The van der Waals surface area contributed by atoms with Gasteiger partial charge in [0.15, 0.2) is 0 Å². The molecule has 1 atom stereocenters. The van der Waals surface area contributed by atoms with Crippen LogP contribution in [0.15, 0.2) is 47.1 Å². The first kappa shape index (κ1) is 15.4. The van der Waals surface area contributed by atoms with E-state index in [1.54, 1.807) is 7.11 Å². The molecular formula is C21H23NO2. The molecule has 0 spiro atoms. The highest BCUT2D eigenvalue weighted by molar-refractivity contribution is 5.96. The summed E-state index contributed by atoms with van der Waals surface area (Å²) < 4.78 is 5.35. The number of fused-ring (bicyclic) bond motifs is 1. The Morgan fingerprint density at radius 1 is 1.08 bits per heavy atom. The standard InChI is InChI=1S/C21H23NO2/c1-24-16-9-10-17-15(13-16)7-4-8-19(17)21-18(11-12-20(21)22-23)14-5-2-3-6-14/h4,7-10,13-14,20H,2-3,5-6,11-12H2,1H3. The van der Waals surface area contributed by atoms with Gasteiger partial charge in [0.25, 0.3) is 0 Å². The molecule has 0 saturated heterocycles. The Morgan fingerprint density at radius 3 is 2.67 bits per heavy atom. The van der Waals surface area contributed by atoms with Crippen molar-refractivity contribution in [2.75, 3.05) is 7.11 Å². The summed E-state index contributed by atoms with van der Waals surface area (Å²) in [6, 6.07) is 12.3. The fourth-order valence-corrected chi connectivity index (χ4v) is 4.57. The number of benzene rings is 2. The SMILES string of the molecule is COc1ccc2c(C3=C(C4CCCC4)CCC3N=O)cccc2c1. The summed E-state index contributed by atoms with van der Waals surface area (Å²) in [5.41, 5.74) is 3.91. The average molecular weight is 321 g/mol. The monoisotopic (exact) mass is 321 g/mol. The van der Waals surface area contributed by atoms with Crippen LogP contribution < -0.4 is 4.74 Å². The number of rotatable bonds is 4. The van der Waals surface area contributed by atoms with E-state index < -0.39 is 0 Å². The van der Waals surface area contributed by atoms with Crippen molar-refractivity contribution >= 4 is 16.3 Å². The summed E-state index contributed by atoms with van der Waals surface area (Å²) in [5.74, 6) is 1.52. The molecule has 3 heteroatoms. The molecule has 2 aliphatic carbocycles. The Morgan fingerprint density at radius 2 is 1.92 bits per heavy atom. The van der Waals surface area contributed by atoms with E-state index in [1.165, 1.54) is 47.8 Å². The molecule has 3 nitrogen and oxygen atoms in total. The number of nitroso groups, excluding NO2 is 1. The van der Waals surface area contributed by atoms with E-state index in [0.717, 1.165) is 24.0 Å². The summed E-state index contributed by atoms with van der Waals surface area (Å²) in [6.07, 6.45) is 7.06. The smallest absolute Gasteiger partial charge is 0.119 e. The van der Waals surface area contributed by atoms with Crippen molar-refractivity contribution in [1.29, 1.82) is 0 Å². The van der Waals surface area contributed by atoms with Crippen LogP contribution in [0.3, 0.4) is 0 Å². The van der Waals surface area contributed by atoms with E-state index in [4.69, 9.17) is 4.74 Å². The molecular weight excluding hydrogens is 298 g/mol. The molecule has 2 aliphatic rings. The Bertz CT molecular complexity index is 803. The van der Waals surface area contributed by atoms with Crippen LogP contribution in [-0.4, -0.2) is 13.2 Å². The summed E-state index contributed by atoms with van der Waals surface area (Å²) in [5, 5.41) is 5.82. The zero-order valence-electron chi connectivity index (χ0n) is 14.1. The number of methoxy groups -OCH3 is 1. The van der Waals surface area contributed by atoms with Gasteiger partial charge < -0.3 is 4.74 Å². The van der Waals surface area contributed by atoms with Gasteiger partial charge in [-0.05, 0) is 65.6 Å². The van der Waals surface area contributed by atoms with Gasteiger partial charge in [-0.3, -0.25) is 0 Å². The van der Waals surface area contributed by atoms with Crippen LogP contribution in [0.25, 0.3) is 16.3 Å². The lowest BCUT2D eigenvalue weighted by Crippen LogP contribution is -2.04. The summed E-state index contributed by atoms with van der Waals surface area (Å²) in [6.45, 7) is 0. The van der Waals surface area contributed by atoms with E-state index >= 15 is 0 Å². The Labute approximate surface area is 142 Å². The van der Waals surface area contributed by atoms with E-state index in [2.05, 4.69) is 35.5 Å². The number of hydrogen-bond acceptors (Lipinski definition) is 3. The summed E-state index contributed by atoms with van der Waals surface area (Å²) in [4.78, 5) is 11.5. The molecule has 124 valence electrons. The predicted molar refractivity (Wildman–Crippen MR) is 98.2 cm³/mol. The molecule has 0 N–H and O–H groups in total. The molecule has 0 bridgehead atoms. The van der Waals surface area contributed by atoms with Gasteiger partial charge in [0.1, 0.15) is 11.8 Å². The van der Waals surface area contributed by atoms with E-state index in [1.807, 2.05) is 6.07 Å². The van der Waals surface area contributed by atoms with E-state index in [-0.39, 0.29) is 6.04 Å². The second-order valence-corrected chi connectivity index (χ2v) is 6.97. The second-order valence-electron chi connectivity index (χ2n) is 6.97. The minimum Gasteiger partial charge on any atom is -0.497 e. The number of nitrogens with zero attached hydrogens (tertiary/aromatic N) is 1. The predicted octanol–water partition coefficient (Wildman–Crippen LogP) is 5.72. The molecule has 2 aromatic rings. The average Bonchev–Trinajstić information content (AvgIpc) is 3.29. The van der Waals surface area contributed by atoms with Crippen LogP contribution >= 0.6 is 0 Å². The first-order valence-corrected chi connectivity index (χ1v) is 8.94. The largest absolute Gasteiger partial charge is 0.497 e. The molecule has 0 radical (unpaired) electrons. The van der Waals surface area contributed by atoms with Gasteiger partial charge in [-0.2, -0.15) is 4.91 Å². The van der Waals surface area contributed by atoms with Crippen molar-refractivity contribution in [1.82, 2.24) is 0 Å². The van der Waals surface area contributed by atoms with Crippen molar-refractivity contribution in [3.8, 4) is 5.75 Å².